The van der Waals surface area contributed by atoms with E-state index >= 15 is 0 Å². The van der Waals surface area contributed by atoms with Gasteiger partial charge in [0.25, 0.3) is 0 Å². The molecule has 2 heterocycles. The lowest BCUT2D eigenvalue weighted by Crippen LogP contribution is -2.45. The summed E-state index contributed by atoms with van der Waals surface area (Å²) in [6, 6.07) is 5.65. The molecule has 4 nitrogen and oxygen atoms in total. The van der Waals surface area contributed by atoms with Crippen molar-refractivity contribution in [1.82, 2.24) is 10.3 Å². The molecule has 1 aliphatic heterocycles. The van der Waals surface area contributed by atoms with Crippen LogP contribution in [0.2, 0.25) is 0 Å². The summed E-state index contributed by atoms with van der Waals surface area (Å²) in [5.41, 5.74) is 0.598. The van der Waals surface area contributed by atoms with Crippen LogP contribution in [0, 0.1) is 17.2 Å². The summed E-state index contributed by atoms with van der Waals surface area (Å²) in [6.45, 7) is 3.12. The Morgan fingerprint density at radius 3 is 2.93 bits per heavy atom. The van der Waals surface area contributed by atoms with Crippen LogP contribution in [-0.4, -0.2) is 24.6 Å². The van der Waals surface area contributed by atoms with Gasteiger partial charge >= 0.3 is 0 Å². The van der Waals surface area contributed by atoms with E-state index in [-0.39, 0.29) is 0 Å². The summed E-state index contributed by atoms with van der Waals surface area (Å²) >= 11 is 0. The quantitative estimate of drug-likeness (QED) is 0.728. The van der Waals surface area contributed by atoms with Crippen LogP contribution in [0.3, 0.4) is 0 Å². The van der Waals surface area contributed by atoms with E-state index in [0.29, 0.717) is 11.5 Å². The van der Waals surface area contributed by atoms with Crippen molar-refractivity contribution in [1.29, 1.82) is 5.26 Å². The third kappa shape index (κ3) is 2.01. The molecule has 14 heavy (non-hydrogen) atoms. The van der Waals surface area contributed by atoms with Crippen LogP contribution in [0.1, 0.15) is 5.56 Å². The molecule has 0 aliphatic carbocycles. The summed E-state index contributed by atoms with van der Waals surface area (Å²) in [7, 11) is 0. The number of hydrogen-bond donors (Lipinski definition) is 2. The molecule has 4 heteroatoms. The molecular formula is C10H12N4. The van der Waals surface area contributed by atoms with E-state index < -0.39 is 0 Å². The average molecular weight is 188 g/mol. The fourth-order valence-electron chi connectivity index (χ4n) is 1.31. The van der Waals surface area contributed by atoms with Gasteiger partial charge in [-0.05, 0) is 12.1 Å². The van der Waals surface area contributed by atoms with E-state index in [1.54, 1.807) is 12.3 Å². The Morgan fingerprint density at radius 2 is 2.43 bits per heavy atom. The highest BCUT2D eigenvalue weighted by atomic mass is 15.0. The van der Waals surface area contributed by atoms with Gasteiger partial charge in [0.15, 0.2) is 0 Å². The molecule has 0 saturated carbocycles. The molecule has 2 N–H and O–H groups in total. The molecule has 0 atom stereocenters. The summed E-state index contributed by atoms with van der Waals surface area (Å²) in [5.74, 6) is 1.56. The first-order valence-corrected chi connectivity index (χ1v) is 4.69. The molecule has 1 fully saturated rings. The zero-order valence-electron chi connectivity index (χ0n) is 7.83. The second-order valence-corrected chi connectivity index (χ2v) is 3.45. The molecule has 1 aromatic heterocycles. The first kappa shape index (κ1) is 8.97. The average Bonchev–Trinajstić information content (AvgIpc) is 2.16. The molecule has 0 amide bonds. The monoisotopic (exact) mass is 188 g/mol. The Labute approximate surface area is 83.0 Å². The van der Waals surface area contributed by atoms with E-state index in [2.05, 4.69) is 15.6 Å². The molecule has 1 aliphatic rings. The van der Waals surface area contributed by atoms with Gasteiger partial charge in [0.2, 0.25) is 0 Å². The van der Waals surface area contributed by atoms with Crippen LogP contribution >= 0.6 is 0 Å². The van der Waals surface area contributed by atoms with E-state index in [1.807, 2.05) is 12.1 Å². The van der Waals surface area contributed by atoms with Gasteiger partial charge in [-0.15, -0.1) is 0 Å². The predicted octanol–water partition coefficient (Wildman–Crippen LogP) is 0.585. The molecule has 0 bridgehead atoms. The SMILES string of the molecule is N#Cc1ccc(NCC2CNC2)nc1. The summed E-state index contributed by atoms with van der Waals surface area (Å²) < 4.78 is 0. The third-order valence-corrected chi connectivity index (χ3v) is 2.33. The molecule has 0 aromatic carbocycles. The lowest BCUT2D eigenvalue weighted by molar-refractivity contribution is 0.365. The fraction of sp³-hybridized carbons (Fsp3) is 0.400. The van der Waals surface area contributed by atoms with E-state index in [4.69, 9.17) is 5.26 Å². The molecule has 0 spiro atoms. The molecular weight excluding hydrogens is 176 g/mol. The van der Waals surface area contributed by atoms with Crippen LogP contribution in [-0.2, 0) is 0 Å². The molecule has 1 saturated heterocycles. The van der Waals surface area contributed by atoms with Gasteiger partial charge in [0.05, 0.1) is 5.56 Å². The smallest absolute Gasteiger partial charge is 0.125 e. The minimum absolute atomic E-state index is 0.598. The van der Waals surface area contributed by atoms with Gasteiger partial charge in [-0.3, -0.25) is 0 Å². The largest absolute Gasteiger partial charge is 0.370 e. The van der Waals surface area contributed by atoms with Gasteiger partial charge in [0.1, 0.15) is 11.9 Å². The highest BCUT2D eigenvalue weighted by Gasteiger charge is 2.15. The maximum Gasteiger partial charge on any atom is 0.125 e. The lowest BCUT2D eigenvalue weighted by Gasteiger charge is -2.27. The van der Waals surface area contributed by atoms with Gasteiger partial charge in [-0.25, -0.2) is 4.98 Å². The standard InChI is InChI=1S/C10H12N4/c11-3-8-1-2-10(13-6-8)14-7-9-4-12-5-9/h1-2,6,9,12H,4-5,7H2,(H,13,14). The Bertz CT molecular complexity index is 334. The highest BCUT2D eigenvalue weighted by Crippen LogP contribution is 2.07. The number of hydrogen-bond acceptors (Lipinski definition) is 4. The fourth-order valence-corrected chi connectivity index (χ4v) is 1.31. The molecule has 1 aromatic rings. The van der Waals surface area contributed by atoms with E-state index in [1.165, 1.54) is 0 Å². The van der Waals surface area contributed by atoms with Gasteiger partial charge in [-0.2, -0.15) is 5.26 Å². The number of rotatable bonds is 3. The number of nitriles is 1. The van der Waals surface area contributed by atoms with Crippen molar-refractivity contribution < 1.29 is 0 Å². The Balaban J connectivity index is 1.86. The van der Waals surface area contributed by atoms with E-state index in [0.717, 1.165) is 25.5 Å². The number of aromatic nitrogens is 1. The van der Waals surface area contributed by atoms with Crippen LogP contribution in [0.5, 0.6) is 0 Å². The number of nitrogens with one attached hydrogen (secondary N) is 2. The maximum atomic E-state index is 8.58. The Hall–Kier alpha value is -1.60. The first-order valence-electron chi connectivity index (χ1n) is 4.69. The second kappa shape index (κ2) is 4.07. The summed E-state index contributed by atoms with van der Waals surface area (Å²) in [6.07, 6.45) is 1.58. The van der Waals surface area contributed by atoms with Crippen LogP contribution in [0.4, 0.5) is 5.82 Å². The third-order valence-electron chi connectivity index (χ3n) is 2.33. The van der Waals surface area contributed by atoms with Crippen molar-refractivity contribution in [3.8, 4) is 6.07 Å². The molecule has 72 valence electrons. The van der Waals surface area contributed by atoms with E-state index in [9.17, 15) is 0 Å². The molecule has 2 rings (SSSR count). The Morgan fingerprint density at radius 1 is 1.57 bits per heavy atom. The van der Waals surface area contributed by atoms with Gasteiger partial charge < -0.3 is 10.6 Å². The van der Waals surface area contributed by atoms with Crippen molar-refractivity contribution >= 4 is 5.82 Å². The summed E-state index contributed by atoms with van der Waals surface area (Å²) in [5, 5.41) is 15.0. The topological polar surface area (TPSA) is 60.7 Å². The normalized spacial score (nSPS) is 15.6. The summed E-state index contributed by atoms with van der Waals surface area (Å²) in [4.78, 5) is 4.13. The van der Waals surface area contributed by atoms with Crippen LogP contribution < -0.4 is 10.6 Å². The van der Waals surface area contributed by atoms with Crippen molar-refractivity contribution in [2.24, 2.45) is 5.92 Å². The van der Waals surface area contributed by atoms with Crippen molar-refractivity contribution in [3.05, 3.63) is 23.9 Å². The number of anilines is 1. The first-order chi connectivity index (χ1) is 6.88. The lowest BCUT2D eigenvalue weighted by atomic mass is 10.0. The second-order valence-electron chi connectivity index (χ2n) is 3.45. The highest BCUT2D eigenvalue weighted by molar-refractivity contribution is 5.38. The van der Waals surface area contributed by atoms with Crippen molar-refractivity contribution in [2.75, 3.05) is 25.0 Å². The zero-order valence-corrected chi connectivity index (χ0v) is 7.83. The molecule has 0 radical (unpaired) electrons. The number of nitrogens with zero attached hydrogens (tertiary/aromatic N) is 2. The molecule has 0 unspecified atom stereocenters. The van der Waals surface area contributed by atoms with Crippen molar-refractivity contribution in [2.45, 2.75) is 0 Å². The van der Waals surface area contributed by atoms with Gasteiger partial charge in [-0.1, -0.05) is 0 Å². The Kier molecular flexibility index (Phi) is 2.61. The minimum Gasteiger partial charge on any atom is -0.370 e. The van der Waals surface area contributed by atoms with Crippen LogP contribution in [0.15, 0.2) is 18.3 Å². The predicted molar refractivity (Wildman–Crippen MR) is 53.8 cm³/mol. The number of pyridine rings is 1. The zero-order chi connectivity index (χ0) is 9.80. The van der Waals surface area contributed by atoms with Crippen molar-refractivity contribution in [3.63, 3.8) is 0 Å². The van der Waals surface area contributed by atoms with Crippen LogP contribution in [0.25, 0.3) is 0 Å². The minimum atomic E-state index is 0.598. The van der Waals surface area contributed by atoms with Gasteiger partial charge in [0, 0.05) is 31.7 Å². The maximum absolute atomic E-state index is 8.58.